The molecule has 1 heterocycles. The van der Waals surface area contributed by atoms with Gasteiger partial charge in [-0.25, -0.2) is 0 Å². The molecule has 2 rings (SSSR count). The maximum atomic E-state index is 12.5. The van der Waals surface area contributed by atoms with Gasteiger partial charge < -0.3 is 15.7 Å². The van der Waals surface area contributed by atoms with Crippen molar-refractivity contribution in [3.8, 4) is 0 Å². The maximum absolute atomic E-state index is 12.5. The lowest BCUT2D eigenvalue weighted by Gasteiger charge is -2.31. The van der Waals surface area contributed by atoms with E-state index in [1.54, 1.807) is 0 Å². The Morgan fingerprint density at radius 2 is 1.90 bits per heavy atom. The van der Waals surface area contributed by atoms with Crippen molar-refractivity contribution < 1.29 is 14.7 Å². The third-order valence-corrected chi connectivity index (χ3v) is 4.96. The molecule has 3 N–H and O–H groups in total. The first-order valence-corrected chi connectivity index (χ1v) is 7.81. The Morgan fingerprint density at radius 3 is 2.40 bits per heavy atom. The van der Waals surface area contributed by atoms with Crippen molar-refractivity contribution in [2.45, 2.75) is 63.8 Å². The Morgan fingerprint density at radius 1 is 1.20 bits per heavy atom. The lowest BCUT2D eigenvalue weighted by Crippen LogP contribution is -2.55. The second kappa shape index (κ2) is 6.12. The minimum absolute atomic E-state index is 0.00984. The molecule has 0 aromatic rings. The highest BCUT2D eigenvalue weighted by atomic mass is 16.4. The lowest BCUT2D eigenvalue weighted by molar-refractivity contribution is -0.148. The standard InChI is InChI=1S/C15H26N2O3/c1-2-6-15(9-5-10-17-15)12(18)16-11-14(13(19)20)7-3-4-8-14/h17H,2-11H2,1H3,(H,16,18)(H,19,20). The zero-order chi connectivity index (χ0) is 14.6. The average Bonchev–Trinajstić information content (AvgIpc) is 3.06. The fraction of sp³-hybridized carbons (Fsp3) is 0.867. The van der Waals surface area contributed by atoms with Crippen LogP contribution in [0.5, 0.6) is 0 Å². The number of carbonyl (C=O) groups is 2. The molecule has 1 atom stereocenters. The highest BCUT2D eigenvalue weighted by molar-refractivity contribution is 5.87. The number of carbonyl (C=O) groups excluding carboxylic acids is 1. The van der Waals surface area contributed by atoms with Crippen molar-refractivity contribution in [2.75, 3.05) is 13.1 Å². The maximum Gasteiger partial charge on any atom is 0.311 e. The molecule has 1 unspecified atom stereocenters. The second-order valence-corrected chi connectivity index (χ2v) is 6.34. The molecule has 0 aromatic carbocycles. The van der Waals surface area contributed by atoms with Crippen molar-refractivity contribution in [3.05, 3.63) is 0 Å². The first-order valence-electron chi connectivity index (χ1n) is 7.81. The number of amides is 1. The van der Waals surface area contributed by atoms with Gasteiger partial charge >= 0.3 is 5.97 Å². The highest BCUT2D eigenvalue weighted by Crippen LogP contribution is 2.38. The van der Waals surface area contributed by atoms with E-state index >= 15 is 0 Å². The zero-order valence-corrected chi connectivity index (χ0v) is 12.3. The van der Waals surface area contributed by atoms with Crippen molar-refractivity contribution in [2.24, 2.45) is 5.41 Å². The van der Waals surface area contributed by atoms with Crippen LogP contribution in [0.2, 0.25) is 0 Å². The van der Waals surface area contributed by atoms with Gasteiger partial charge in [-0.15, -0.1) is 0 Å². The highest BCUT2D eigenvalue weighted by Gasteiger charge is 2.44. The van der Waals surface area contributed by atoms with Crippen molar-refractivity contribution in [3.63, 3.8) is 0 Å². The fourth-order valence-corrected chi connectivity index (χ4v) is 3.69. The largest absolute Gasteiger partial charge is 0.481 e. The summed E-state index contributed by atoms with van der Waals surface area (Å²) in [6.07, 6.45) is 6.88. The molecule has 1 aliphatic carbocycles. The summed E-state index contributed by atoms with van der Waals surface area (Å²) < 4.78 is 0. The van der Waals surface area contributed by atoms with Crippen LogP contribution in [0.4, 0.5) is 0 Å². The second-order valence-electron chi connectivity index (χ2n) is 6.34. The third kappa shape index (κ3) is 2.82. The van der Waals surface area contributed by atoms with Crippen LogP contribution in [0, 0.1) is 5.41 Å². The van der Waals surface area contributed by atoms with E-state index in [1.807, 2.05) is 0 Å². The molecule has 5 nitrogen and oxygen atoms in total. The van der Waals surface area contributed by atoms with Gasteiger partial charge in [0.2, 0.25) is 5.91 Å². The van der Waals surface area contributed by atoms with Crippen LogP contribution in [0.3, 0.4) is 0 Å². The third-order valence-electron chi connectivity index (χ3n) is 4.96. The summed E-state index contributed by atoms with van der Waals surface area (Å²) in [5, 5.41) is 15.7. The molecule has 1 amide bonds. The molecule has 2 aliphatic rings. The molecular weight excluding hydrogens is 256 g/mol. The predicted molar refractivity (Wildman–Crippen MR) is 76.4 cm³/mol. The number of nitrogens with one attached hydrogen (secondary N) is 2. The van der Waals surface area contributed by atoms with E-state index in [2.05, 4.69) is 17.6 Å². The van der Waals surface area contributed by atoms with Gasteiger partial charge in [0.15, 0.2) is 0 Å². The summed E-state index contributed by atoms with van der Waals surface area (Å²) in [6, 6.07) is 0. The van der Waals surface area contributed by atoms with E-state index in [4.69, 9.17) is 0 Å². The molecular formula is C15H26N2O3. The van der Waals surface area contributed by atoms with Gasteiger partial charge in [-0.05, 0) is 38.6 Å². The molecule has 1 saturated heterocycles. The minimum Gasteiger partial charge on any atom is -0.481 e. The Bertz CT molecular complexity index is 369. The number of rotatable bonds is 6. The molecule has 114 valence electrons. The number of carboxylic acids is 1. The number of hydrogen-bond acceptors (Lipinski definition) is 3. The first kappa shape index (κ1) is 15.3. The average molecular weight is 282 g/mol. The molecule has 1 aliphatic heterocycles. The SMILES string of the molecule is CCCC1(C(=O)NCC2(C(=O)O)CCCC2)CCCN1. The first-order chi connectivity index (χ1) is 9.55. The van der Waals surface area contributed by atoms with Crippen LogP contribution < -0.4 is 10.6 Å². The van der Waals surface area contributed by atoms with E-state index in [0.29, 0.717) is 12.8 Å². The quantitative estimate of drug-likeness (QED) is 0.692. The summed E-state index contributed by atoms with van der Waals surface area (Å²) in [6.45, 7) is 3.22. The summed E-state index contributed by atoms with van der Waals surface area (Å²) in [4.78, 5) is 24.0. The van der Waals surface area contributed by atoms with Gasteiger partial charge in [0.25, 0.3) is 0 Å². The summed E-state index contributed by atoms with van der Waals surface area (Å²) in [5.41, 5.74) is -1.20. The Hall–Kier alpha value is -1.10. The van der Waals surface area contributed by atoms with Gasteiger partial charge in [-0.3, -0.25) is 9.59 Å². The topological polar surface area (TPSA) is 78.4 Å². The Labute approximate surface area is 120 Å². The normalized spacial score (nSPS) is 28.4. The van der Waals surface area contributed by atoms with E-state index in [9.17, 15) is 14.7 Å². The number of aliphatic carboxylic acids is 1. The summed E-state index contributed by atoms with van der Waals surface area (Å²) in [5.74, 6) is -0.774. The Balaban J connectivity index is 1.98. The molecule has 0 aromatic heterocycles. The van der Waals surface area contributed by atoms with Crippen molar-refractivity contribution >= 4 is 11.9 Å². The predicted octanol–water partition coefficient (Wildman–Crippen LogP) is 1.67. The Kier molecular flexibility index (Phi) is 4.68. The van der Waals surface area contributed by atoms with Crippen LogP contribution in [0.15, 0.2) is 0 Å². The van der Waals surface area contributed by atoms with Crippen LogP contribution in [-0.2, 0) is 9.59 Å². The number of hydrogen-bond donors (Lipinski definition) is 3. The summed E-state index contributed by atoms with van der Waals surface area (Å²) in [7, 11) is 0. The summed E-state index contributed by atoms with van der Waals surface area (Å²) >= 11 is 0. The van der Waals surface area contributed by atoms with Gasteiger partial charge in [0.1, 0.15) is 0 Å². The van der Waals surface area contributed by atoms with E-state index in [1.165, 1.54) is 0 Å². The molecule has 5 heteroatoms. The monoisotopic (exact) mass is 282 g/mol. The van der Waals surface area contributed by atoms with E-state index < -0.39 is 16.9 Å². The molecule has 0 bridgehead atoms. The molecule has 2 fully saturated rings. The van der Waals surface area contributed by atoms with E-state index in [0.717, 1.165) is 45.1 Å². The van der Waals surface area contributed by atoms with Crippen LogP contribution in [-0.4, -0.2) is 35.6 Å². The van der Waals surface area contributed by atoms with Gasteiger partial charge in [0.05, 0.1) is 11.0 Å². The molecule has 0 spiro atoms. The van der Waals surface area contributed by atoms with Crippen LogP contribution in [0.25, 0.3) is 0 Å². The lowest BCUT2D eigenvalue weighted by atomic mass is 9.85. The van der Waals surface area contributed by atoms with Crippen LogP contribution in [0.1, 0.15) is 58.3 Å². The molecule has 20 heavy (non-hydrogen) atoms. The minimum atomic E-state index is -0.765. The van der Waals surface area contributed by atoms with Crippen molar-refractivity contribution in [1.29, 1.82) is 0 Å². The van der Waals surface area contributed by atoms with E-state index in [-0.39, 0.29) is 12.5 Å². The van der Waals surface area contributed by atoms with Gasteiger partial charge in [-0.2, -0.15) is 0 Å². The fourth-order valence-electron chi connectivity index (χ4n) is 3.69. The van der Waals surface area contributed by atoms with Gasteiger partial charge in [0, 0.05) is 6.54 Å². The smallest absolute Gasteiger partial charge is 0.311 e. The molecule has 0 radical (unpaired) electrons. The van der Waals surface area contributed by atoms with Gasteiger partial charge in [-0.1, -0.05) is 26.2 Å². The number of carboxylic acid groups (broad SMARTS) is 1. The molecule has 1 saturated carbocycles. The van der Waals surface area contributed by atoms with Crippen molar-refractivity contribution in [1.82, 2.24) is 10.6 Å². The zero-order valence-electron chi connectivity index (χ0n) is 12.3. The van der Waals surface area contributed by atoms with Crippen LogP contribution >= 0.6 is 0 Å².